The predicted molar refractivity (Wildman–Crippen MR) is 88.1 cm³/mol. The molecule has 1 aromatic heterocycles. The Labute approximate surface area is 140 Å². The molecule has 1 aromatic rings. The van der Waals surface area contributed by atoms with Crippen LogP contribution in [0.3, 0.4) is 0 Å². The number of carboxylic acid groups (broad SMARTS) is 1. The summed E-state index contributed by atoms with van der Waals surface area (Å²) < 4.78 is 0. The van der Waals surface area contributed by atoms with Crippen molar-refractivity contribution < 1.29 is 14.7 Å². The van der Waals surface area contributed by atoms with Crippen molar-refractivity contribution in [2.24, 2.45) is 0 Å². The maximum absolute atomic E-state index is 12.4. The molecule has 1 aliphatic rings. The molecule has 126 valence electrons. The molecular formula is C15H21ClN4O3. The van der Waals surface area contributed by atoms with E-state index in [1.54, 1.807) is 6.07 Å². The normalized spacial score (nSPS) is 17.9. The van der Waals surface area contributed by atoms with Gasteiger partial charge in [0.25, 0.3) is 5.91 Å². The highest BCUT2D eigenvalue weighted by atomic mass is 35.5. The molecule has 0 aliphatic carbocycles. The van der Waals surface area contributed by atoms with Gasteiger partial charge in [-0.2, -0.15) is 0 Å². The molecule has 0 radical (unpaired) electrons. The lowest BCUT2D eigenvalue weighted by Gasteiger charge is -2.22. The van der Waals surface area contributed by atoms with Crippen molar-refractivity contribution in [3.63, 3.8) is 0 Å². The Kier molecular flexibility index (Phi) is 4.99. The van der Waals surface area contributed by atoms with Crippen molar-refractivity contribution in [3.05, 3.63) is 22.8 Å². The number of halogens is 1. The highest BCUT2D eigenvalue weighted by molar-refractivity contribution is 6.31. The number of pyridine rings is 1. The number of rotatable bonds is 3. The van der Waals surface area contributed by atoms with Gasteiger partial charge in [-0.25, -0.2) is 9.78 Å². The number of likely N-dealkylation sites (tertiary alicyclic amines) is 1. The van der Waals surface area contributed by atoms with E-state index in [0.29, 0.717) is 35.9 Å². The van der Waals surface area contributed by atoms with Crippen molar-refractivity contribution in [3.8, 4) is 0 Å². The Morgan fingerprint density at radius 1 is 1.43 bits per heavy atom. The number of hydrogen-bond acceptors (Lipinski definition) is 4. The average Bonchev–Trinajstić information content (AvgIpc) is 2.87. The molecule has 0 spiro atoms. The molecule has 1 saturated heterocycles. The Hall–Kier alpha value is -2.02. The molecule has 23 heavy (non-hydrogen) atoms. The van der Waals surface area contributed by atoms with Crippen molar-refractivity contribution in [1.29, 1.82) is 0 Å². The number of carbonyl (C=O) groups excluding carboxylic acids is 1. The van der Waals surface area contributed by atoms with Crippen molar-refractivity contribution in [2.75, 3.05) is 18.4 Å². The van der Waals surface area contributed by atoms with Crippen molar-refractivity contribution in [2.45, 2.75) is 38.8 Å². The molecule has 2 rings (SSSR count). The first kappa shape index (κ1) is 17.3. The zero-order chi connectivity index (χ0) is 17.2. The van der Waals surface area contributed by atoms with E-state index in [2.05, 4.69) is 15.6 Å². The zero-order valence-corrected chi connectivity index (χ0v) is 14.1. The maximum Gasteiger partial charge on any atom is 0.407 e. The number of nitrogens with one attached hydrogen (secondary N) is 2. The van der Waals surface area contributed by atoms with Crippen LogP contribution in [0.15, 0.2) is 12.3 Å². The minimum Gasteiger partial charge on any atom is -0.465 e. The van der Waals surface area contributed by atoms with Gasteiger partial charge in [0, 0.05) is 30.9 Å². The Morgan fingerprint density at radius 3 is 2.70 bits per heavy atom. The molecule has 1 fully saturated rings. The lowest BCUT2D eigenvalue weighted by Crippen LogP contribution is -2.41. The number of nitrogens with zero attached hydrogens (tertiary/aromatic N) is 2. The van der Waals surface area contributed by atoms with Crippen LogP contribution in [0, 0.1) is 0 Å². The second-order valence-electron chi connectivity index (χ2n) is 6.61. The van der Waals surface area contributed by atoms with E-state index in [1.165, 1.54) is 11.1 Å². The summed E-state index contributed by atoms with van der Waals surface area (Å²) in [5.41, 5.74) is -0.0365. The van der Waals surface area contributed by atoms with Gasteiger partial charge in [-0.1, -0.05) is 11.6 Å². The zero-order valence-electron chi connectivity index (χ0n) is 13.4. The van der Waals surface area contributed by atoms with Crippen LogP contribution in [0.25, 0.3) is 0 Å². The third-order valence-electron chi connectivity index (χ3n) is 3.39. The number of carbonyl (C=O) groups is 2. The molecule has 2 amide bonds. The summed E-state index contributed by atoms with van der Waals surface area (Å²) in [6, 6.07) is 1.47. The van der Waals surface area contributed by atoms with E-state index in [9.17, 15) is 9.59 Å². The van der Waals surface area contributed by atoms with E-state index in [4.69, 9.17) is 16.7 Å². The Morgan fingerprint density at radius 2 is 2.13 bits per heavy atom. The molecule has 2 heterocycles. The van der Waals surface area contributed by atoms with E-state index < -0.39 is 6.09 Å². The summed E-state index contributed by atoms with van der Waals surface area (Å²) in [6.07, 6.45) is 1.18. The van der Waals surface area contributed by atoms with Gasteiger partial charge in [0.1, 0.15) is 5.82 Å². The summed E-state index contributed by atoms with van der Waals surface area (Å²) in [5.74, 6) is 0.136. The fraction of sp³-hybridized carbons (Fsp3) is 0.533. The van der Waals surface area contributed by atoms with Crippen LogP contribution < -0.4 is 10.6 Å². The predicted octanol–water partition coefficient (Wildman–Crippen LogP) is 2.43. The Balaban J connectivity index is 2.16. The fourth-order valence-electron chi connectivity index (χ4n) is 2.38. The molecule has 0 aromatic carbocycles. The quantitative estimate of drug-likeness (QED) is 0.785. The molecule has 0 saturated carbocycles. The topological polar surface area (TPSA) is 94.6 Å². The molecule has 1 unspecified atom stereocenters. The molecule has 1 atom stereocenters. The summed E-state index contributed by atoms with van der Waals surface area (Å²) in [6.45, 7) is 6.48. The van der Waals surface area contributed by atoms with Gasteiger partial charge in [-0.15, -0.1) is 0 Å². The van der Waals surface area contributed by atoms with Gasteiger partial charge in [0.2, 0.25) is 0 Å². The minimum absolute atomic E-state index is 0.0824. The third-order valence-corrected chi connectivity index (χ3v) is 3.59. The van der Waals surface area contributed by atoms with Crippen molar-refractivity contribution >= 4 is 29.4 Å². The molecule has 3 N–H and O–H groups in total. The van der Waals surface area contributed by atoms with Crippen LogP contribution in [0.2, 0.25) is 5.02 Å². The third kappa shape index (κ3) is 4.72. The highest BCUT2D eigenvalue weighted by Gasteiger charge is 2.27. The number of anilines is 1. The van der Waals surface area contributed by atoms with Crippen molar-refractivity contribution in [1.82, 2.24) is 15.2 Å². The number of aromatic nitrogens is 1. The van der Waals surface area contributed by atoms with Gasteiger partial charge in [-0.05, 0) is 33.3 Å². The minimum atomic E-state index is -0.941. The van der Waals surface area contributed by atoms with E-state index in [1.807, 2.05) is 20.8 Å². The number of amides is 2. The number of hydrogen-bond donors (Lipinski definition) is 3. The van der Waals surface area contributed by atoms with E-state index in [0.717, 1.165) is 0 Å². The first-order chi connectivity index (χ1) is 10.7. The smallest absolute Gasteiger partial charge is 0.407 e. The van der Waals surface area contributed by atoms with Crippen LogP contribution in [0.5, 0.6) is 0 Å². The lowest BCUT2D eigenvalue weighted by molar-refractivity contribution is 0.0920. The van der Waals surface area contributed by atoms with E-state index in [-0.39, 0.29) is 17.5 Å². The maximum atomic E-state index is 12.4. The summed E-state index contributed by atoms with van der Waals surface area (Å²) >= 11 is 5.96. The summed E-state index contributed by atoms with van der Waals surface area (Å²) in [5, 5.41) is 15.4. The second kappa shape index (κ2) is 6.62. The summed E-state index contributed by atoms with van der Waals surface area (Å²) in [7, 11) is 0. The Bertz CT molecular complexity index is 615. The first-order valence-electron chi connectivity index (χ1n) is 7.38. The average molecular weight is 341 g/mol. The van der Waals surface area contributed by atoms with Crippen LogP contribution in [-0.4, -0.2) is 51.7 Å². The molecule has 7 nitrogen and oxygen atoms in total. The standard InChI is InChI=1S/C15H21ClN4O3/c1-15(2,3)19-13(21)11-6-9(16)7-17-12(11)18-10-4-5-20(8-10)14(22)23/h6-7,10H,4-5,8H2,1-3H3,(H,17,18)(H,19,21)(H,22,23). The monoisotopic (exact) mass is 340 g/mol. The lowest BCUT2D eigenvalue weighted by atomic mass is 10.1. The SMILES string of the molecule is CC(C)(C)NC(=O)c1cc(Cl)cnc1NC1CCN(C(=O)O)C1. The van der Waals surface area contributed by atoms with Gasteiger partial charge >= 0.3 is 6.09 Å². The van der Waals surface area contributed by atoms with E-state index >= 15 is 0 Å². The fourth-order valence-corrected chi connectivity index (χ4v) is 2.54. The van der Waals surface area contributed by atoms with Gasteiger partial charge in [-0.3, -0.25) is 4.79 Å². The second-order valence-corrected chi connectivity index (χ2v) is 7.05. The molecule has 8 heteroatoms. The van der Waals surface area contributed by atoms with Gasteiger partial charge < -0.3 is 20.6 Å². The largest absolute Gasteiger partial charge is 0.465 e. The van der Waals surface area contributed by atoms with Crippen LogP contribution in [0.4, 0.5) is 10.6 Å². The molecule has 0 bridgehead atoms. The van der Waals surface area contributed by atoms with Crippen LogP contribution >= 0.6 is 11.6 Å². The van der Waals surface area contributed by atoms with Crippen LogP contribution in [0.1, 0.15) is 37.6 Å². The summed E-state index contributed by atoms with van der Waals surface area (Å²) in [4.78, 5) is 28.9. The highest BCUT2D eigenvalue weighted by Crippen LogP contribution is 2.21. The van der Waals surface area contributed by atoms with Gasteiger partial charge in [0.15, 0.2) is 0 Å². The van der Waals surface area contributed by atoms with Gasteiger partial charge in [0.05, 0.1) is 10.6 Å². The molecular weight excluding hydrogens is 320 g/mol. The first-order valence-corrected chi connectivity index (χ1v) is 7.76. The van der Waals surface area contributed by atoms with Crippen LogP contribution in [-0.2, 0) is 0 Å². The molecule has 1 aliphatic heterocycles.